The van der Waals surface area contributed by atoms with E-state index in [1.165, 1.54) is 0 Å². The van der Waals surface area contributed by atoms with Gasteiger partial charge in [-0.3, -0.25) is 4.98 Å². The maximum atomic E-state index is 6.13. The minimum atomic E-state index is 0.513. The van der Waals surface area contributed by atoms with Gasteiger partial charge in [0.1, 0.15) is 12.4 Å². The van der Waals surface area contributed by atoms with Crippen LogP contribution in [0.4, 0.5) is 0 Å². The molecule has 0 aliphatic carbocycles. The molecule has 0 amide bonds. The fourth-order valence-electron chi connectivity index (χ4n) is 2.61. The number of nitrogens with zero attached hydrogens (tertiary/aromatic N) is 1. The van der Waals surface area contributed by atoms with Crippen LogP contribution < -0.4 is 4.74 Å². The predicted octanol–water partition coefficient (Wildman–Crippen LogP) is 5.10. The van der Waals surface area contributed by atoms with E-state index in [0.29, 0.717) is 16.7 Å². The van der Waals surface area contributed by atoms with Crippen LogP contribution in [-0.2, 0) is 6.61 Å². The van der Waals surface area contributed by atoms with E-state index in [4.69, 9.17) is 27.9 Å². The molecule has 0 saturated carbocycles. The second-order valence-electron chi connectivity index (χ2n) is 4.75. The third-order valence-electron chi connectivity index (χ3n) is 3.50. The molecule has 2 nitrogen and oxygen atoms in total. The normalized spacial score (nSPS) is 12.7. The zero-order valence-electron chi connectivity index (χ0n) is 10.4. The summed E-state index contributed by atoms with van der Waals surface area (Å²) >= 11 is 12.3. The lowest BCUT2D eigenvalue weighted by Crippen LogP contribution is -2.06. The molecule has 1 aliphatic rings. The summed E-state index contributed by atoms with van der Waals surface area (Å²) in [6.07, 6.45) is 1.86. The summed E-state index contributed by atoms with van der Waals surface area (Å²) in [5.41, 5.74) is 4.07. The van der Waals surface area contributed by atoms with Crippen LogP contribution in [0.15, 0.2) is 42.6 Å². The quantitative estimate of drug-likeness (QED) is 0.576. The van der Waals surface area contributed by atoms with E-state index in [2.05, 4.69) is 4.98 Å². The lowest BCUT2D eigenvalue weighted by atomic mass is 9.94. The Kier molecular flexibility index (Phi) is 2.62. The zero-order chi connectivity index (χ0) is 13.7. The molecule has 0 spiro atoms. The van der Waals surface area contributed by atoms with E-state index in [1.807, 2.05) is 42.6 Å². The SMILES string of the molecule is Clc1ccc2c(c1)-c1c(cnc3ccc(Cl)cc13)CO2. The van der Waals surface area contributed by atoms with Crippen molar-refractivity contribution in [2.75, 3.05) is 0 Å². The largest absolute Gasteiger partial charge is 0.488 e. The molecule has 2 aromatic carbocycles. The Bertz CT molecular complexity index is 845. The molecule has 0 N–H and O–H groups in total. The molecule has 4 heteroatoms. The lowest BCUT2D eigenvalue weighted by molar-refractivity contribution is 0.302. The van der Waals surface area contributed by atoms with Gasteiger partial charge in [-0.25, -0.2) is 0 Å². The van der Waals surface area contributed by atoms with Gasteiger partial charge in [-0.15, -0.1) is 0 Å². The first-order valence-electron chi connectivity index (χ1n) is 6.22. The summed E-state index contributed by atoms with van der Waals surface area (Å²) in [6, 6.07) is 11.4. The number of halogens is 2. The number of pyridine rings is 1. The van der Waals surface area contributed by atoms with E-state index < -0.39 is 0 Å². The third-order valence-corrected chi connectivity index (χ3v) is 3.97. The molecule has 0 saturated heterocycles. The minimum absolute atomic E-state index is 0.513. The number of fused-ring (bicyclic) bond motifs is 5. The Morgan fingerprint density at radius 3 is 2.70 bits per heavy atom. The van der Waals surface area contributed by atoms with E-state index in [9.17, 15) is 0 Å². The van der Waals surface area contributed by atoms with Gasteiger partial charge in [-0.1, -0.05) is 23.2 Å². The first kappa shape index (κ1) is 12.0. The Balaban J connectivity index is 2.14. The fraction of sp³-hybridized carbons (Fsp3) is 0.0625. The molecule has 98 valence electrons. The first-order chi connectivity index (χ1) is 9.72. The average molecular weight is 302 g/mol. The Morgan fingerprint density at radius 1 is 1.00 bits per heavy atom. The highest BCUT2D eigenvalue weighted by Gasteiger charge is 2.20. The second kappa shape index (κ2) is 4.37. The van der Waals surface area contributed by atoms with Gasteiger partial charge in [0.05, 0.1) is 5.52 Å². The van der Waals surface area contributed by atoms with Crippen molar-refractivity contribution in [2.24, 2.45) is 0 Å². The highest BCUT2D eigenvalue weighted by Crippen LogP contribution is 2.42. The van der Waals surface area contributed by atoms with Crippen LogP contribution in [0, 0.1) is 0 Å². The van der Waals surface area contributed by atoms with Gasteiger partial charge in [-0.2, -0.15) is 0 Å². The maximum Gasteiger partial charge on any atom is 0.127 e. The Hall–Kier alpha value is -1.77. The molecular formula is C16H9Cl2NO. The van der Waals surface area contributed by atoms with Crippen molar-refractivity contribution < 1.29 is 4.74 Å². The average Bonchev–Trinajstić information content (AvgIpc) is 2.46. The molecule has 0 radical (unpaired) electrons. The number of hydrogen-bond donors (Lipinski definition) is 0. The first-order valence-corrected chi connectivity index (χ1v) is 6.98. The van der Waals surface area contributed by atoms with Crippen LogP contribution in [0.1, 0.15) is 5.56 Å². The molecule has 4 rings (SSSR count). The second-order valence-corrected chi connectivity index (χ2v) is 5.62. The van der Waals surface area contributed by atoms with Crippen LogP contribution in [0.3, 0.4) is 0 Å². The number of ether oxygens (including phenoxy) is 1. The third kappa shape index (κ3) is 1.76. The van der Waals surface area contributed by atoms with Crippen LogP contribution in [0.25, 0.3) is 22.0 Å². The van der Waals surface area contributed by atoms with Gasteiger partial charge >= 0.3 is 0 Å². The molecular weight excluding hydrogens is 293 g/mol. The van der Waals surface area contributed by atoms with Gasteiger partial charge in [0.2, 0.25) is 0 Å². The highest BCUT2D eigenvalue weighted by atomic mass is 35.5. The number of hydrogen-bond acceptors (Lipinski definition) is 2. The van der Waals surface area contributed by atoms with Crippen molar-refractivity contribution in [3.05, 3.63) is 58.2 Å². The topological polar surface area (TPSA) is 22.1 Å². The monoisotopic (exact) mass is 301 g/mol. The number of rotatable bonds is 0. The van der Waals surface area contributed by atoms with Crippen LogP contribution in [0.2, 0.25) is 10.0 Å². The summed E-state index contributed by atoms with van der Waals surface area (Å²) in [5, 5.41) is 2.41. The maximum absolute atomic E-state index is 6.13. The van der Waals surface area contributed by atoms with Crippen LogP contribution in [0.5, 0.6) is 5.75 Å². The van der Waals surface area contributed by atoms with Gasteiger partial charge in [0.25, 0.3) is 0 Å². The Labute approximate surface area is 125 Å². The number of aromatic nitrogens is 1. The molecule has 0 fully saturated rings. The highest BCUT2D eigenvalue weighted by molar-refractivity contribution is 6.32. The molecule has 3 aromatic rings. The van der Waals surface area contributed by atoms with Crippen molar-refractivity contribution in [1.29, 1.82) is 0 Å². The zero-order valence-corrected chi connectivity index (χ0v) is 11.9. The van der Waals surface area contributed by atoms with Crippen molar-refractivity contribution >= 4 is 34.1 Å². The summed E-state index contributed by atoms with van der Waals surface area (Å²) in [5.74, 6) is 0.842. The van der Waals surface area contributed by atoms with Crippen molar-refractivity contribution in [3.63, 3.8) is 0 Å². The lowest BCUT2D eigenvalue weighted by Gasteiger charge is -2.22. The Morgan fingerprint density at radius 2 is 1.80 bits per heavy atom. The molecule has 0 atom stereocenters. The predicted molar refractivity (Wildman–Crippen MR) is 81.5 cm³/mol. The smallest absolute Gasteiger partial charge is 0.127 e. The minimum Gasteiger partial charge on any atom is -0.488 e. The van der Waals surface area contributed by atoms with Gasteiger partial charge in [0.15, 0.2) is 0 Å². The molecule has 1 aromatic heterocycles. The molecule has 1 aliphatic heterocycles. The standard InChI is InChI=1S/C16H9Cl2NO/c17-10-1-3-14-12(5-10)16-9(7-19-14)8-20-15-4-2-11(18)6-13(15)16/h1-7H,8H2. The molecule has 0 unspecified atom stereocenters. The van der Waals surface area contributed by atoms with Gasteiger partial charge in [-0.05, 0) is 36.4 Å². The summed E-state index contributed by atoms with van der Waals surface area (Å²) < 4.78 is 5.75. The fourth-order valence-corrected chi connectivity index (χ4v) is 2.96. The van der Waals surface area contributed by atoms with E-state index in [1.54, 1.807) is 0 Å². The molecule has 20 heavy (non-hydrogen) atoms. The van der Waals surface area contributed by atoms with Crippen molar-refractivity contribution in [2.45, 2.75) is 6.61 Å². The van der Waals surface area contributed by atoms with Crippen LogP contribution >= 0.6 is 23.2 Å². The van der Waals surface area contributed by atoms with Gasteiger partial charge in [0, 0.05) is 38.3 Å². The molecule has 2 heterocycles. The summed E-state index contributed by atoms with van der Waals surface area (Å²) in [4.78, 5) is 4.46. The van der Waals surface area contributed by atoms with E-state index >= 15 is 0 Å². The molecule has 0 bridgehead atoms. The van der Waals surface area contributed by atoms with E-state index in [0.717, 1.165) is 33.3 Å². The van der Waals surface area contributed by atoms with Crippen LogP contribution in [-0.4, -0.2) is 4.98 Å². The van der Waals surface area contributed by atoms with Crippen molar-refractivity contribution in [3.8, 4) is 16.9 Å². The number of benzene rings is 2. The summed E-state index contributed by atoms with van der Waals surface area (Å²) in [6.45, 7) is 0.513. The van der Waals surface area contributed by atoms with E-state index in [-0.39, 0.29) is 0 Å². The van der Waals surface area contributed by atoms with Crippen molar-refractivity contribution in [1.82, 2.24) is 4.98 Å². The van der Waals surface area contributed by atoms with Gasteiger partial charge < -0.3 is 4.74 Å². The summed E-state index contributed by atoms with van der Waals surface area (Å²) in [7, 11) is 0.